The summed E-state index contributed by atoms with van der Waals surface area (Å²) in [5.74, 6) is -0.956. The molecule has 35 heavy (non-hydrogen) atoms. The number of carbonyl (C=O) groups excluding carboxylic acids is 2. The Morgan fingerprint density at radius 1 is 1.09 bits per heavy atom. The molecule has 180 valence electrons. The van der Waals surface area contributed by atoms with E-state index in [1.54, 1.807) is 34.2 Å². The number of amides is 3. The van der Waals surface area contributed by atoms with Crippen LogP contribution >= 0.6 is 0 Å². The Labute approximate surface area is 201 Å². The highest BCUT2D eigenvalue weighted by molar-refractivity contribution is 6.06. The number of likely N-dealkylation sites (tertiary alicyclic amines) is 1. The number of pyridine rings is 2. The minimum absolute atomic E-state index is 0.111. The van der Waals surface area contributed by atoms with Gasteiger partial charge < -0.3 is 15.1 Å². The molecule has 2 fully saturated rings. The molecule has 1 N–H and O–H groups in total. The van der Waals surface area contributed by atoms with Crippen molar-refractivity contribution in [2.24, 2.45) is 5.41 Å². The number of hydrogen-bond acceptors (Lipinski definition) is 4. The lowest BCUT2D eigenvalue weighted by Crippen LogP contribution is -2.67. The summed E-state index contributed by atoms with van der Waals surface area (Å²) in [5.41, 5.74) is 1.20. The number of piperidine rings is 1. The van der Waals surface area contributed by atoms with Gasteiger partial charge in [-0.2, -0.15) is 0 Å². The Morgan fingerprint density at radius 3 is 2.49 bits per heavy atom. The Kier molecular flexibility index (Phi) is 5.92. The maximum absolute atomic E-state index is 13.9. The van der Waals surface area contributed by atoms with Crippen LogP contribution in [0.2, 0.25) is 0 Å². The van der Waals surface area contributed by atoms with Gasteiger partial charge in [0.05, 0.1) is 41.3 Å². The zero-order chi connectivity index (χ0) is 24.6. The van der Waals surface area contributed by atoms with Gasteiger partial charge in [0, 0.05) is 25.4 Å². The first-order chi connectivity index (χ1) is 16.9. The Bertz CT molecular complexity index is 1230. The van der Waals surface area contributed by atoms with Crippen LogP contribution in [-0.4, -0.2) is 39.9 Å². The van der Waals surface area contributed by atoms with Crippen molar-refractivity contribution in [2.75, 3.05) is 18.0 Å². The highest BCUT2D eigenvalue weighted by atomic mass is 19.1. The molecule has 4 heterocycles. The summed E-state index contributed by atoms with van der Waals surface area (Å²) in [4.78, 5) is 38.1. The maximum Gasteiger partial charge on any atom is 0.317 e. The normalized spacial score (nSPS) is 19.9. The molecule has 1 aromatic carbocycles. The van der Waals surface area contributed by atoms with Crippen LogP contribution < -0.4 is 10.2 Å². The number of halogens is 2. The molecule has 3 aromatic rings. The fraction of sp³-hybridized carbons (Fsp3) is 0.308. The molecule has 2 aliphatic heterocycles. The van der Waals surface area contributed by atoms with Gasteiger partial charge in [-0.25, -0.2) is 13.6 Å². The molecule has 2 atom stereocenters. The number of hydrogen-bond donors (Lipinski definition) is 1. The number of anilines is 1. The smallest absolute Gasteiger partial charge is 0.317 e. The van der Waals surface area contributed by atoms with Gasteiger partial charge >= 0.3 is 6.03 Å². The summed E-state index contributed by atoms with van der Waals surface area (Å²) in [6.07, 6.45) is 5.18. The molecule has 2 aliphatic rings. The van der Waals surface area contributed by atoms with Crippen LogP contribution in [0.5, 0.6) is 0 Å². The number of benzene rings is 1. The van der Waals surface area contributed by atoms with Crippen LogP contribution in [0.25, 0.3) is 0 Å². The van der Waals surface area contributed by atoms with Crippen LogP contribution in [0.3, 0.4) is 0 Å². The molecule has 0 aliphatic carbocycles. The molecule has 0 radical (unpaired) electrons. The van der Waals surface area contributed by atoms with Gasteiger partial charge in [-0.3, -0.25) is 14.8 Å². The first-order valence-corrected chi connectivity index (χ1v) is 11.5. The van der Waals surface area contributed by atoms with Gasteiger partial charge in [-0.15, -0.1) is 0 Å². The molecule has 9 heteroatoms. The van der Waals surface area contributed by atoms with E-state index in [-0.39, 0.29) is 29.8 Å². The van der Waals surface area contributed by atoms with Crippen molar-refractivity contribution >= 4 is 17.6 Å². The van der Waals surface area contributed by atoms with E-state index in [1.165, 1.54) is 24.4 Å². The molecule has 1 spiro atoms. The monoisotopic (exact) mass is 477 g/mol. The van der Waals surface area contributed by atoms with E-state index < -0.39 is 11.2 Å². The highest BCUT2D eigenvalue weighted by Gasteiger charge is 2.63. The SMILES string of the molecule is C[C@H](NC(=O)N1CCC2(CC1)C(=O)N(c1cncc(F)c1)C2c1ccccn1)c1ccc(F)cc1. The van der Waals surface area contributed by atoms with Crippen LogP contribution in [0.1, 0.15) is 43.1 Å². The van der Waals surface area contributed by atoms with Gasteiger partial charge in [0.2, 0.25) is 5.91 Å². The maximum atomic E-state index is 13.9. The summed E-state index contributed by atoms with van der Waals surface area (Å²) < 4.78 is 27.1. The number of β-lactam (4-membered cyclic amide) rings is 1. The fourth-order valence-corrected chi connectivity index (χ4v) is 5.11. The third-order valence-electron chi connectivity index (χ3n) is 7.02. The Morgan fingerprint density at radius 2 is 1.83 bits per heavy atom. The van der Waals surface area contributed by atoms with E-state index in [9.17, 15) is 18.4 Å². The molecule has 5 rings (SSSR count). The minimum Gasteiger partial charge on any atom is -0.331 e. The molecule has 3 amide bonds. The summed E-state index contributed by atoms with van der Waals surface area (Å²) >= 11 is 0. The number of urea groups is 1. The third-order valence-corrected chi connectivity index (χ3v) is 7.02. The first-order valence-electron chi connectivity index (χ1n) is 11.5. The minimum atomic E-state index is -0.722. The van der Waals surface area contributed by atoms with Crippen molar-refractivity contribution in [1.29, 1.82) is 0 Å². The van der Waals surface area contributed by atoms with Crippen molar-refractivity contribution in [3.05, 3.63) is 90.0 Å². The van der Waals surface area contributed by atoms with Gasteiger partial charge in [0.15, 0.2) is 0 Å². The molecule has 2 aromatic heterocycles. The van der Waals surface area contributed by atoms with Crippen LogP contribution in [0.4, 0.5) is 19.3 Å². The second-order valence-corrected chi connectivity index (χ2v) is 9.06. The lowest BCUT2D eigenvalue weighted by Gasteiger charge is -2.58. The number of carbonyl (C=O) groups is 2. The predicted octanol–water partition coefficient (Wildman–Crippen LogP) is 4.40. The third kappa shape index (κ3) is 4.11. The molecule has 0 saturated carbocycles. The predicted molar refractivity (Wildman–Crippen MR) is 125 cm³/mol. The van der Waals surface area contributed by atoms with Gasteiger partial charge in [0.1, 0.15) is 11.6 Å². The quantitative estimate of drug-likeness (QED) is 0.565. The van der Waals surface area contributed by atoms with Crippen molar-refractivity contribution in [3.63, 3.8) is 0 Å². The average molecular weight is 478 g/mol. The van der Waals surface area contributed by atoms with Gasteiger partial charge in [-0.05, 0) is 49.6 Å². The fourth-order valence-electron chi connectivity index (χ4n) is 5.11. The molecule has 1 unspecified atom stereocenters. The molecule has 7 nitrogen and oxygen atoms in total. The second-order valence-electron chi connectivity index (χ2n) is 9.06. The van der Waals surface area contributed by atoms with E-state index >= 15 is 0 Å². The van der Waals surface area contributed by atoms with Crippen molar-refractivity contribution in [2.45, 2.75) is 31.8 Å². The molecular formula is C26H25F2N5O2. The van der Waals surface area contributed by atoms with Crippen molar-refractivity contribution in [3.8, 4) is 0 Å². The lowest BCUT2D eigenvalue weighted by atomic mass is 9.63. The molecule has 2 saturated heterocycles. The number of nitrogens with one attached hydrogen (secondary N) is 1. The van der Waals surface area contributed by atoms with E-state index in [4.69, 9.17) is 0 Å². The summed E-state index contributed by atoms with van der Waals surface area (Å²) in [7, 11) is 0. The number of aromatic nitrogens is 2. The summed E-state index contributed by atoms with van der Waals surface area (Å²) in [6.45, 7) is 2.63. The van der Waals surface area contributed by atoms with Gasteiger partial charge in [-0.1, -0.05) is 18.2 Å². The van der Waals surface area contributed by atoms with Crippen LogP contribution in [-0.2, 0) is 4.79 Å². The molecular weight excluding hydrogens is 452 g/mol. The van der Waals surface area contributed by atoms with Crippen molar-refractivity contribution in [1.82, 2.24) is 20.2 Å². The highest BCUT2D eigenvalue weighted by Crippen LogP contribution is 2.57. The average Bonchev–Trinajstić information content (AvgIpc) is 2.87. The second kappa shape index (κ2) is 9.05. The van der Waals surface area contributed by atoms with Gasteiger partial charge in [0.25, 0.3) is 0 Å². The lowest BCUT2D eigenvalue weighted by molar-refractivity contribution is -0.144. The number of nitrogens with zero attached hydrogens (tertiary/aromatic N) is 4. The molecule has 0 bridgehead atoms. The van der Waals surface area contributed by atoms with E-state index in [2.05, 4.69) is 15.3 Å². The van der Waals surface area contributed by atoms with Crippen LogP contribution in [0.15, 0.2) is 67.1 Å². The zero-order valence-electron chi connectivity index (χ0n) is 19.2. The zero-order valence-corrected chi connectivity index (χ0v) is 19.2. The summed E-state index contributed by atoms with van der Waals surface area (Å²) in [5, 5.41) is 2.95. The van der Waals surface area contributed by atoms with E-state index in [0.717, 1.165) is 17.5 Å². The topological polar surface area (TPSA) is 78.4 Å². The van der Waals surface area contributed by atoms with E-state index in [0.29, 0.717) is 31.6 Å². The number of rotatable bonds is 4. The first kappa shape index (κ1) is 22.9. The summed E-state index contributed by atoms with van der Waals surface area (Å²) in [6, 6.07) is 12.0. The standard InChI is InChI=1S/C26H25F2N5O2/c1-17(18-5-7-19(27)8-6-18)31-25(35)32-12-9-26(10-13-32)23(22-4-2-3-11-30-22)33(24(26)34)21-14-20(28)15-29-16-21/h2-8,11,14-17,23H,9-10,12-13H2,1H3,(H,31,35)/t17-,23?/m0/s1. The Hall–Kier alpha value is -3.88. The van der Waals surface area contributed by atoms with Crippen molar-refractivity contribution < 1.29 is 18.4 Å². The van der Waals surface area contributed by atoms with E-state index in [1.807, 2.05) is 19.1 Å². The van der Waals surface area contributed by atoms with Crippen LogP contribution in [0, 0.1) is 17.0 Å². The largest absolute Gasteiger partial charge is 0.331 e. The Balaban J connectivity index is 1.32.